The smallest absolute Gasteiger partial charge is 0.314 e. The van der Waals surface area contributed by atoms with Crippen molar-refractivity contribution in [1.82, 2.24) is 5.32 Å². The molecule has 1 aliphatic heterocycles. The molecule has 100 valence electrons. The van der Waals surface area contributed by atoms with E-state index in [4.69, 9.17) is 0 Å². The first kappa shape index (κ1) is 13.9. The second-order valence-electron chi connectivity index (χ2n) is 4.61. The van der Waals surface area contributed by atoms with Crippen molar-refractivity contribution in [2.45, 2.75) is 37.9 Å². The van der Waals surface area contributed by atoms with E-state index in [2.05, 4.69) is 21.2 Å². The molecule has 1 aromatic carbocycles. The SMILES string of the molecule is FC(F)(F)c1cccc(Br)c1CC1CCCCN1. The van der Waals surface area contributed by atoms with Crippen molar-refractivity contribution in [1.29, 1.82) is 0 Å². The van der Waals surface area contributed by atoms with Crippen LogP contribution in [0.1, 0.15) is 30.4 Å². The summed E-state index contributed by atoms with van der Waals surface area (Å²) in [6.07, 6.45) is -0.718. The molecule has 1 heterocycles. The molecule has 0 bridgehead atoms. The molecule has 1 aromatic rings. The largest absolute Gasteiger partial charge is 0.416 e. The van der Waals surface area contributed by atoms with E-state index in [9.17, 15) is 13.2 Å². The van der Waals surface area contributed by atoms with E-state index >= 15 is 0 Å². The molecular formula is C13H15BrF3N. The molecule has 0 saturated carbocycles. The summed E-state index contributed by atoms with van der Waals surface area (Å²) >= 11 is 3.24. The Morgan fingerprint density at radius 3 is 2.67 bits per heavy atom. The molecule has 1 atom stereocenters. The molecule has 18 heavy (non-hydrogen) atoms. The van der Waals surface area contributed by atoms with Crippen molar-refractivity contribution in [2.24, 2.45) is 0 Å². The highest BCUT2D eigenvalue weighted by Gasteiger charge is 2.34. The number of alkyl halides is 3. The van der Waals surface area contributed by atoms with Crippen LogP contribution >= 0.6 is 15.9 Å². The van der Waals surface area contributed by atoms with Crippen molar-refractivity contribution in [3.63, 3.8) is 0 Å². The third-order valence-electron chi connectivity index (χ3n) is 3.29. The Kier molecular flexibility index (Phi) is 4.33. The van der Waals surface area contributed by atoms with E-state index in [1.165, 1.54) is 6.07 Å². The lowest BCUT2D eigenvalue weighted by atomic mass is 9.95. The van der Waals surface area contributed by atoms with Gasteiger partial charge in [-0.25, -0.2) is 0 Å². The third-order valence-corrected chi connectivity index (χ3v) is 4.03. The monoisotopic (exact) mass is 321 g/mol. The Bertz CT molecular complexity index is 411. The Morgan fingerprint density at radius 1 is 1.28 bits per heavy atom. The van der Waals surface area contributed by atoms with Gasteiger partial charge in [-0.1, -0.05) is 28.4 Å². The van der Waals surface area contributed by atoms with Gasteiger partial charge < -0.3 is 5.32 Å². The van der Waals surface area contributed by atoms with Crippen LogP contribution in [0.2, 0.25) is 0 Å². The third kappa shape index (κ3) is 3.26. The van der Waals surface area contributed by atoms with Crippen LogP contribution in [-0.4, -0.2) is 12.6 Å². The number of piperidine rings is 1. The first-order valence-electron chi connectivity index (χ1n) is 6.06. The highest BCUT2D eigenvalue weighted by Crippen LogP contribution is 2.36. The molecule has 2 rings (SSSR count). The van der Waals surface area contributed by atoms with Crippen LogP contribution in [0.3, 0.4) is 0 Å². The lowest BCUT2D eigenvalue weighted by Crippen LogP contribution is -2.36. The van der Waals surface area contributed by atoms with E-state index in [1.54, 1.807) is 6.07 Å². The second-order valence-corrected chi connectivity index (χ2v) is 5.47. The van der Waals surface area contributed by atoms with Crippen LogP contribution in [0.5, 0.6) is 0 Å². The van der Waals surface area contributed by atoms with Gasteiger partial charge in [0.1, 0.15) is 0 Å². The standard InChI is InChI=1S/C13H15BrF3N/c14-12-6-3-5-11(13(15,16)17)10(12)8-9-4-1-2-7-18-9/h3,5-6,9,18H,1-2,4,7-8H2. The minimum absolute atomic E-state index is 0.151. The van der Waals surface area contributed by atoms with E-state index in [0.29, 0.717) is 16.5 Å². The maximum absolute atomic E-state index is 12.9. The van der Waals surface area contributed by atoms with Crippen LogP contribution in [0, 0.1) is 0 Å². The van der Waals surface area contributed by atoms with Crippen molar-refractivity contribution in [3.8, 4) is 0 Å². The average molecular weight is 322 g/mol. The molecule has 1 N–H and O–H groups in total. The van der Waals surface area contributed by atoms with E-state index in [1.807, 2.05) is 0 Å². The Hall–Kier alpha value is -0.550. The highest BCUT2D eigenvalue weighted by atomic mass is 79.9. The van der Waals surface area contributed by atoms with Gasteiger partial charge in [0, 0.05) is 10.5 Å². The Labute approximate surface area is 113 Å². The summed E-state index contributed by atoms with van der Waals surface area (Å²) in [6.45, 7) is 0.899. The summed E-state index contributed by atoms with van der Waals surface area (Å²) in [5.41, 5.74) is -0.159. The molecule has 0 amide bonds. The fourth-order valence-corrected chi connectivity index (χ4v) is 2.90. The van der Waals surface area contributed by atoms with Crippen molar-refractivity contribution >= 4 is 15.9 Å². The molecule has 1 nitrogen and oxygen atoms in total. The number of hydrogen-bond donors (Lipinski definition) is 1. The zero-order chi connectivity index (χ0) is 13.2. The number of benzene rings is 1. The lowest BCUT2D eigenvalue weighted by molar-refractivity contribution is -0.138. The highest BCUT2D eigenvalue weighted by molar-refractivity contribution is 9.10. The lowest BCUT2D eigenvalue weighted by Gasteiger charge is -2.25. The van der Waals surface area contributed by atoms with Crippen molar-refractivity contribution < 1.29 is 13.2 Å². The summed E-state index contributed by atoms with van der Waals surface area (Å²) in [4.78, 5) is 0. The molecule has 1 fully saturated rings. The number of halogens is 4. The molecule has 0 radical (unpaired) electrons. The van der Waals surface area contributed by atoms with Gasteiger partial charge in [-0.3, -0.25) is 0 Å². The predicted octanol–water partition coefficient (Wildman–Crippen LogP) is 4.15. The molecule has 1 aliphatic rings. The van der Waals surface area contributed by atoms with Gasteiger partial charge in [-0.05, 0) is 43.5 Å². The summed E-state index contributed by atoms with van der Waals surface area (Å²) in [7, 11) is 0. The van der Waals surface area contributed by atoms with Crippen LogP contribution in [0.25, 0.3) is 0 Å². The fourth-order valence-electron chi connectivity index (χ4n) is 2.38. The molecule has 0 spiro atoms. The summed E-state index contributed by atoms with van der Waals surface area (Å²) in [6, 6.07) is 4.42. The zero-order valence-corrected chi connectivity index (χ0v) is 11.4. The maximum atomic E-state index is 12.9. The first-order valence-corrected chi connectivity index (χ1v) is 6.86. The normalized spacial score (nSPS) is 21.0. The van der Waals surface area contributed by atoms with E-state index in [-0.39, 0.29) is 6.04 Å². The average Bonchev–Trinajstić information content (AvgIpc) is 2.32. The quantitative estimate of drug-likeness (QED) is 0.862. The number of nitrogens with one attached hydrogen (secondary N) is 1. The molecule has 1 saturated heterocycles. The van der Waals surface area contributed by atoms with Crippen LogP contribution < -0.4 is 5.32 Å². The van der Waals surface area contributed by atoms with Gasteiger partial charge in [0.05, 0.1) is 5.56 Å². The Balaban J connectivity index is 2.25. The maximum Gasteiger partial charge on any atom is 0.416 e. The molecule has 0 aliphatic carbocycles. The van der Waals surface area contributed by atoms with Gasteiger partial charge in [0.2, 0.25) is 0 Å². The van der Waals surface area contributed by atoms with Gasteiger partial charge in [-0.15, -0.1) is 0 Å². The van der Waals surface area contributed by atoms with Crippen molar-refractivity contribution in [3.05, 3.63) is 33.8 Å². The second kappa shape index (κ2) is 5.61. The molecule has 1 unspecified atom stereocenters. The van der Waals surface area contributed by atoms with Gasteiger partial charge in [0.15, 0.2) is 0 Å². The predicted molar refractivity (Wildman–Crippen MR) is 68.5 cm³/mol. The molecule has 5 heteroatoms. The zero-order valence-electron chi connectivity index (χ0n) is 9.86. The minimum Gasteiger partial charge on any atom is -0.314 e. The topological polar surface area (TPSA) is 12.0 Å². The van der Waals surface area contributed by atoms with E-state index in [0.717, 1.165) is 31.9 Å². The van der Waals surface area contributed by atoms with Crippen LogP contribution in [-0.2, 0) is 12.6 Å². The summed E-state index contributed by atoms with van der Waals surface area (Å²) in [5, 5.41) is 3.29. The Morgan fingerprint density at radius 2 is 2.06 bits per heavy atom. The number of rotatable bonds is 2. The fraction of sp³-hybridized carbons (Fsp3) is 0.538. The number of hydrogen-bond acceptors (Lipinski definition) is 1. The molecular weight excluding hydrogens is 307 g/mol. The molecule has 0 aromatic heterocycles. The van der Waals surface area contributed by atoms with Gasteiger partial charge in [0.25, 0.3) is 0 Å². The van der Waals surface area contributed by atoms with Gasteiger partial charge in [-0.2, -0.15) is 13.2 Å². The summed E-state index contributed by atoms with van der Waals surface area (Å²) < 4.78 is 39.4. The van der Waals surface area contributed by atoms with Gasteiger partial charge >= 0.3 is 6.18 Å². The summed E-state index contributed by atoms with van der Waals surface area (Å²) in [5.74, 6) is 0. The minimum atomic E-state index is -4.28. The first-order chi connectivity index (χ1) is 8.48. The van der Waals surface area contributed by atoms with Crippen molar-refractivity contribution in [2.75, 3.05) is 6.54 Å². The van der Waals surface area contributed by atoms with E-state index < -0.39 is 11.7 Å². The van der Waals surface area contributed by atoms with Crippen LogP contribution in [0.4, 0.5) is 13.2 Å². The van der Waals surface area contributed by atoms with Crippen LogP contribution in [0.15, 0.2) is 22.7 Å².